The van der Waals surface area contributed by atoms with Crippen LogP contribution in [0.15, 0.2) is 18.5 Å². The molecule has 3 aliphatic rings. The van der Waals surface area contributed by atoms with Crippen LogP contribution in [0.5, 0.6) is 0 Å². The van der Waals surface area contributed by atoms with Crippen LogP contribution in [0, 0.1) is 12.8 Å². The Morgan fingerprint density at radius 1 is 1.12 bits per heavy atom. The summed E-state index contributed by atoms with van der Waals surface area (Å²) in [6, 6.07) is 2.13. The Labute approximate surface area is 190 Å². The molecular weight excluding hydrogens is 402 g/mol. The Hall–Kier alpha value is -2.41. The fourth-order valence-electron chi connectivity index (χ4n) is 5.67. The third kappa shape index (κ3) is 4.27. The van der Waals surface area contributed by atoms with E-state index in [9.17, 15) is 9.90 Å². The molecule has 0 saturated carbocycles. The number of hydrogen-bond donors (Lipinski definition) is 1. The molecule has 7 nitrogen and oxygen atoms in total. The van der Waals surface area contributed by atoms with E-state index < -0.39 is 0 Å². The number of aryl methyl sites for hydroxylation is 2. The molecule has 0 spiro atoms. The number of hydrogen-bond acceptors (Lipinski definition) is 5. The molecule has 2 aliphatic heterocycles. The molecule has 5 rings (SSSR count). The Bertz CT molecular complexity index is 955. The van der Waals surface area contributed by atoms with Gasteiger partial charge in [-0.1, -0.05) is 0 Å². The van der Waals surface area contributed by atoms with Gasteiger partial charge in [0.25, 0.3) is 5.91 Å². The van der Waals surface area contributed by atoms with Gasteiger partial charge in [0.2, 0.25) is 0 Å². The van der Waals surface area contributed by atoms with E-state index >= 15 is 0 Å². The Kier molecular flexibility index (Phi) is 6.17. The van der Waals surface area contributed by atoms with Crippen LogP contribution in [0.4, 0.5) is 5.69 Å². The summed E-state index contributed by atoms with van der Waals surface area (Å²) in [5.41, 5.74) is 5.71. The zero-order valence-electron chi connectivity index (χ0n) is 19.2. The van der Waals surface area contributed by atoms with Crippen LogP contribution in [-0.2, 0) is 19.4 Å². The quantitative estimate of drug-likeness (QED) is 0.778. The van der Waals surface area contributed by atoms with Crippen molar-refractivity contribution in [3.05, 3.63) is 41.0 Å². The molecule has 0 radical (unpaired) electrons. The van der Waals surface area contributed by atoms with Crippen molar-refractivity contribution in [1.82, 2.24) is 19.7 Å². The third-order valence-electron chi connectivity index (χ3n) is 7.66. The van der Waals surface area contributed by atoms with E-state index in [2.05, 4.69) is 27.6 Å². The van der Waals surface area contributed by atoms with Gasteiger partial charge in [-0.25, -0.2) is 0 Å². The van der Waals surface area contributed by atoms with E-state index in [1.165, 1.54) is 35.3 Å². The van der Waals surface area contributed by atoms with E-state index in [-0.39, 0.29) is 12.0 Å². The lowest BCUT2D eigenvalue weighted by Gasteiger charge is -2.34. The maximum absolute atomic E-state index is 13.1. The molecule has 2 aromatic rings. The molecule has 1 aliphatic carbocycles. The number of amides is 1. The number of piperidine rings is 2. The summed E-state index contributed by atoms with van der Waals surface area (Å²) in [4.78, 5) is 21.7. The first-order chi connectivity index (χ1) is 15.6. The highest BCUT2D eigenvalue weighted by Crippen LogP contribution is 2.30. The minimum atomic E-state index is -0.267. The molecule has 0 bridgehead atoms. The summed E-state index contributed by atoms with van der Waals surface area (Å²) in [6.07, 6.45) is 11.6. The lowest BCUT2D eigenvalue weighted by molar-refractivity contribution is 0.0540. The van der Waals surface area contributed by atoms with Crippen molar-refractivity contribution in [2.75, 3.05) is 31.1 Å². The lowest BCUT2D eigenvalue weighted by Crippen LogP contribution is -2.40. The molecule has 2 fully saturated rings. The maximum Gasteiger partial charge on any atom is 0.274 e. The van der Waals surface area contributed by atoms with Crippen LogP contribution >= 0.6 is 0 Å². The minimum Gasteiger partial charge on any atom is -0.393 e. The Morgan fingerprint density at radius 2 is 1.91 bits per heavy atom. The summed E-state index contributed by atoms with van der Waals surface area (Å²) in [7, 11) is 0. The van der Waals surface area contributed by atoms with Crippen molar-refractivity contribution in [2.24, 2.45) is 5.92 Å². The van der Waals surface area contributed by atoms with Crippen LogP contribution < -0.4 is 4.90 Å². The van der Waals surface area contributed by atoms with E-state index in [1.807, 2.05) is 17.3 Å². The normalized spacial score (nSPS) is 20.1. The fourth-order valence-corrected chi connectivity index (χ4v) is 5.67. The molecule has 1 amide bonds. The molecule has 4 heterocycles. The van der Waals surface area contributed by atoms with Gasteiger partial charge in [-0.15, -0.1) is 0 Å². The first-order valence-corrected chi connectivity index (χ1v) is 12.3. The van der Waals surface area contributed by atoms with Gasteiger partial charge in [0.1, 0.15) is 0 Å². The number of aliphatic hydroxyl groups excluding tert-OH is 1. The maximum atomic E-state index is 13.1. The summed E-state index contributed by atoms with van der Waals surface area (Å²) in [5, 5.41) is 14.6. The largest absolute Gasteiger partial charge is 0.393 e. The summed E-state index contributed by atoms with van der Waals surface area (Å²) in [6.45, 7) is 6.51. The summed E-state index contributed by atoms with van der Waals surface area (Å²) in [5.74, 6) is 0.771. The first-order valence-electron chi connectivity index (χ1n) is 12.3. The standard InChI is InChI=1S/C25H35N5O2/c1-18-17-26-11-5-22(18)28-12-6-19(7-13-28)8-16-30-23-4-2-3-21(23)24(27-30)25(32)29-14-9-20(31)10-15-29/h5,11,17,19-20,31H,2-4,6-10,12-16H2,1H3. The van der Waals surface area contributed by atoms with Gasteiger partial charge in [0.05, 0.1) is 6.10 Å². The molecule has 0 atom stereocenters. The van der Waals surface area contributed by atoms with E-state index in [4.69, 9.17) is 5.10 Å². The predicted molar refractivity (Wildman–Crippen MR) is 124 cm³/mol. The lowest BCUT2D eigenvalue weighted by atomic mass is 9.93. The number of rotatable bonds is 5. The SMILES string of the molecule is Cc1cnccc1N1CCC(CCn2nc(C(=O)N3CCC(O)CC3)c3c2CCC3)CC1. The van der Waals surface area contributed by atoms with Crippen LogP contribution in [0.3, 0.4) is 0 Å². The molecule has 32 heavy (non-hydrogen) atoms. The number of carbonyl (C=O) groups is 1. The molecule has 0 unspecified atom stereocenters. The average molecular weight is 438 g/mol. The van der Waals surface area contributed by atoms with E-state index in [1.54, 1.807) is 0 Å². The van der Waals surface area contributed by atoms with Crippen LogP contribution in [-0.4, -0.2) is 63.0 Å². The molecular formula is C25H35N5O2. The monoisotopic (exact) mass is 437 g/mol. The number of pyridine rings is 1. The van der Waals surface area contributed by atoms with Crippen LogP contribution in [0.2, 0.25) is 0 Å². The number of fused-ring (bicyclic) bond motifs is 1. The van der Waals surface area contributed by atoms with Crippen molar-refractivity contribution in [2.45, 2.75) is 70.9 Å². The zero-order chi connectivity index (χ0) is 22.1. The number of aliphatic hydroxyl groups is 1. The van der Waals surface area contributed by atoms with Crippen molar-refractivity contribution in [3.8, 4) is 0 Å². The Balaban J connectivity index is 1.20. The smallest absolute Gasteiger partial charge is 0.274 e. The first kappa shape index (κ1) is 21.4. The van der Waals surface area contributed by atoms with E-state index in [0.29, 0.717) is 37.5 Å². The van der Waals surface area contributed by atoms with Gasteiger partial charge in [-0.3, -0.25) is 14.5 Å². The number of anilines is 1. The van der Waals surface area contributed by atoms with Crippen molar-refractivity contribution < 1.29 is 9.90 Å². The van der Waals surface area contributed by atoms with Gasteiger partial charge in [-0.2, -0.15) is 5.10 Å². The number of nitrogens with zero attached hydrogens (tertiary/aromatic N) is 5. The molecule has 2 aromatic heterocycles. The fraction of sp³-hybridized carbons (Fsp3) is 0.640. The summed E-state index contributed by atoms with van der Waals surface area (Å²) >= 11 is 0. The van der Waals surface area contributed by atoms with E-state index in [0.717, 1.165) is 45.3 Å². The highest BCUT2D eigenvalue weighted by atomic mass is 16.3. The number of aromatic nitrogens is 3. The second kappa shape index (κ2) is 9.22. The Morgan fingerprint density at radius 3 is 2.66 bits per heavy atom. The molecule has 1 N–H and O–H groups in total. The number of carbonyl (C=O) groups excluding carboxylic acids is 1. The topological polar surface area (TPSA) is 74.5 Å². The van der Waals surface area contributed by atoms with Gasteiger partial charge in [0, 0.05) is 62.1 Å². The predicted octanol–water partition coefficient (Wildman–Crippen LogP) is 2.98. The van der Waals surface area contributed by atoms with Crippen LogP contribution in [0.1, 0.15) is 65.8 Å². The molecule has 0 aromatic carbocycles. The highest BCUT2D eigenvalue weighted by molar-refractivity contribution is 5.94. The van der Waals surface area contributed by atoms with Gasteiger partial charge >= 0.3 is 0 Å². The second-order valence-corrected chi connectivity index (χ2v) is 9.76. The van der Waals surface area contributed by atoms with Gasteiger partial charge in [0.15, 0.2) is 5.69 Å². The average Bonchev–Trinajstić information content (AvgIpc) is 3.42. The van der Waals surface area contributed by atoms with Crippen molar-refractivity contribution in [3.63, 3.8) is 0 Å². The van der Waals surface area contributed by atoms with Crippen molar-refractivity contribution >= 4 is 11.6 Å². The van der Waals surface area contributed by atoms with Gasteiger partial charge in [-0.05, 0) is 75.8 Å². The van der Waals surface area contributed by atoms with Crippen LogP contribution in [0.25, 0.3) is 0 Å². The zero-order valence-corrected chi connectivity index (χ0v) is 19.2. The molecule has 2 saturated heterocycles. The molecule has 172 valence electrons. The minimum absolute atomic E-state index is 0.0647. The highest BCUT2D eigenvalue weighted by Gasteiger charge is 2.31. The third-order valence-corrected chi connectivity index (χ3v) is 7.66. The summed E-state index contributed by atoms with van der Waals surface area (Å²) < 4.78 is 2.15. The van der Waals surface area contributed by atoms with Gasteiger partial charge < -0.3 is 14.9 Å². The molecule has 7 heteroatoms. The number of likely N-dealkylation sites (tertiary alicyclic amines) is 1. The van der Waals surface area contributed by atoms with Crippen molar-refractivity contribution in [1.29, 1.82) is 0 Å². The second-order valence-electron chi connectivity index (χ2n) is 9.76.